The van der Waals surface area contributed by atoms with Crippen molar-refractivity contribution >= 4 is 12.6 Å². The lowest BCUT2D eigenvalue weighted by atomic mass is 9.57. The van der Waals surface area contributed by atoms with Gasteiger partial charge in [-0.25, -0.2) is 0 Å². The Hall–Kier alpha value is 0.350. The molecule has 6 aliphatic carbocycles. The fourth-order valence-corrected chi connectivity index (χ4v) is 12.9. The van der Waals surface area contributed by atoms with Crippen LogP contribution in [0.25, 0.3) is 0 Å². The average Bonchev–Trinajstić information content (AvgIpc) is 3.67. The van der Waals surface area contributed by atoms with Crippen LogP contribution in [0.5, 0.6) is 0 Å². The van der Waals surface area contributed by atoms with Crippen molar-refractivity contribution in [1.82, 2.24) is 0 Å². The molecule has 0 aromatic rings. The van der Waals surface area contributed by atoms with Crippen molar-refractivity contribution in [2.75, 3.05) is 0 Å². The molecule has 0 aliphatic heterocycles. The second-order valence-corrected chi connectivity index (χ2v) is 16.6. The van der Waals surface area contributed by atoms with Gasteiger partial charge in [-0.3, -0.25) is 0 Å². The Balaban J connectivity index is 1.25. The van der Waals surface area contributed by atoms with Crippen LogP contribution >= 0.6 is 12.6 Å². The van der Waals surface area contributed by atoms with E-state index < -0.39 is 0 Å². The molecule has 6 saturated carbocycles. The Morgan fingerprint density at radius 2 is 1.00 bits per heavy atom. The van der Waals surface area contributed by atoms with Crippen LogP contribution in [0.1, 0.15) is 173 Å². The molecule has 0 radical (unpaired) electrons. The molecule has 0 saturated heterocycles. The van der Waals surface area contributed by atoms with Crippen molar-refractivity contribution in [2.45, 2.75) is 179 Å². The number of hydrogen-bond donors (Lipinski definition) is 1. The third-order valence-electron chi connectivity index (χ3n) is 14.1. The summed E-state index contributed by atoms with van der Waals surface area (Å²) in [5.74, 6) is 8.16. The topological polar surface area (TPSA) is 0 Å². The third kappa shape index (κ3) is 6.24. The third-order valence-corrected chi connectivity index (χ3v) is 14.9. The lowest BCUT2D eigenvalue weighted by Crippen LogP contribution is -2.40. The number of rotatable bonds is 3. The number of thiol groups is 1. The second-order valence-electron chi connectivity index (χ2n) is 16.0. The molecule has 6 fully saturated rings. The Bertz CT molecular complexity index is 687. The highest BCUT2D eigenvalue weighted by molar-refractivity contribution is 7.81. The second kappa shape index (κ2) is 13.6. The van der Waals surface area contributed by atoms with Gasteiger partial charge in [0.15, 0.2) is 0 Å². The monoisotopic (exact) mass is 540 g/mol. The van der Waals surface area contributed by atoms with Gasteiger partial charge in [0.05, 0.1) is 0 Å². The van der Waals surface area contributed by atoms with E-state index in [9.17, 15) is 0 Å². The van der Waals surface area contributed by atoms with Crippen LogP contribution in [0, 0.1) is 52.8 Å². The summed E-state index contributed by atoms with van der Waals surface area (Å²) in [5, 5.41) is 0.717. The van der Waals surface area contributed by atoms with E-state index in [1.807, 2.05) is 0 Å². The van der Waals surface area contributed by atoms with E-state index in [0.29, 0.717) is 0 Å². The Labute approximate surface area is 243 Å². The summed E-state index contributed by atoms with van der Waals surface area (Å²) in [6, 6.07) is 0. The molecule has 6 rings (SSSR count). The van der Waals surface area contributed by atoms with Gasteiger partial charge >= 0.3 is 0 Å². The van der Waals surface area contributed by atoms with Crippen LogP contribution in [0.4, 0.5) is 0 Å². The van der Waals surface area contributed by atoms with Gasteiger partial charge in [-0.2, -0.15) is 12.6 Å². The molecule has 0 aromatic carbocycles. The molecule has 0 spiro atoms. The Morgan fingerprint density at radius 3 is 1.66 bits per heavy atom. The summed E-state index contributed by atoms with van der Waals surface area (Å²) in [4.78, 5) is 0. The van der Waals surface area contributed by atoms with Crippen molar-refractivity contribution in [3.05, 3.63) is 0 Å². The van der Waals surface area contributed by atoms with Crippen LogP contribution in [-0.4, -0.2) is 5.25 Å². The standard InChI is InChI=1S/C37H64S/c38-36-31-26-28-19-20-30(25-28)35(37(23-13-14-24-37)32-17-11-7-3-4-8-12-18-32)22-21-33(36)34(27-31)29-15-9-5-1-2-6-10-16-29/h28-36,38H,1-27H2/t28?,30-,31?,33?,34?,35?,36?/m1/s1. The first-order chi connectivity index (χ1) is 18.7. The van der Waals surface area contributed by atoms with Crippen molar-refractivity contribution in [3.8, 4) is 0 Å². The van der Waals surface area contributed by atoms with E-state index in [4.69, 9.17) is 12.6 Å². The maximum Gasteiger partial charge on any atom is 0.00763 e. The normalized spacial score (nSPS) is 42.4. The molecule has 7 atom stereocenters. The van der Waals surface area contributed by atoms with Crippen LogP contribution in [0.15, 0.2) is 0 Å². The zero-order valence-corrected chi connectivity index (χ0v) is 26.1. The molecule has 6 aliphatic rings. The van der Waals surface area contributed by atoms with Crippen molar-refractivity contribution in [1.29, 1.82) is 0 Å². The van der Waals surface area contributed by atoms with Gasteiger partial charge in [0.1, 0.15) is 0 Å². The average molecular weight is 541 g/mol. The summed E-state index contributed by atoms with van der Waals surface area (Å²) in [7, 11) is 0. The Kier molecular flexibility index (Phi) is 10.2. The van der Waals surface area contributed by atoms with Crippen molar-refractivity contribution < 1.29 is 0 Å². The molecule has 0 N–H and O–H groups in total. The molecule has 218 valence electrons. The molecule has 4 bridgehead atoms. The van der Waals surface area contributed by atoms with E-state index in [-0.39, 0.29) is 0 Å². The fraction of sp³-hybridized carbons (Fsp3) is 1.00. The minimum Gasteiger partial charge on any atom is -0.175 e. The highest BCUT2D eigenvalue weighted by Gasteiger charge is 2.53. The van der Waals surface area contributed by atoms with E-state index in [0.717, 1.165) is 58.0 Å². The highest BCUT2D eigenvalue weighted by atomic mass is 32.1. The van der Waals surface area contributed by atoms with Gasteiger partial charge in [-0.15, -0.1) is 0 Å². The zero-order valence-electron chi connectivity index (χ0n) is 25.2. The van der Waals surface area contributed by atoms with Crippen LogP contribution in [-0.2, 0) is 0 Å². The van der Waals surface area contributed by atoms with E-state index in [1.54, 1.807) is 109 Å². The Morgan fingerprint density at radius 1 is 0.421 bits per heavy atom. The minimum atomic E-state index is 0.717. The molecule has 0 heterocycles. The minimum absolute atomic E-state index is 0.717. The molecule has 1 heteroatoms. The van der Waals surface area contributed by atoms with E-state index in [2.05, 4.69) is 0 Å². The molecule has 0 aromatic heterocycles. The lowest BCUT2D eigenvalue weighted by molar-refractivity contribution is 0.0119. The smallest absolute Gasteiger partial charge is 0.00763 e. The molecular formula is C37H64S. The van der Waals surface area contributed by atoms with Crippen LogP contribution in [0.3, 0.4) is 0 Å². The van der Waals surface area contributed by atoms with Crippen LogP contribution < -0.4 is 0 Å². The lowest BCUT2D eigenvalue weighted by Gasteiger charge is -2.48. The van der Waals surface area contributed by atoms with E-state index in [1.165, 1.54) is 64.2 Å². The largest absolute Gasteiger partial charge is 0.175 e. The molecule has 6 unspecified atom stereocenters. The number of fused-ring (bicyclic) bond motifs is 4. The first-order valence-electron chi connectivity index (χ1n) is 18.4. The quantitative estimate of drug-likeness (QED) is 0.338. The number of hydrogen-bond acceptors (Lipinski definition) is 1. The zero-order chi connectivity index (χ0) is 25.8. The molecule has 38 heavy (non-hydrogen) atoms. The summed E-state index contributed by atoms with van der Waals surface area (Å²) in [6.07, 6.45) is 41.8. The predicted octanol–water partition coefficient (Wildman–Crippen LogP) is 11.8. The van der Waals surface area contributed by atoms with E-state index >= 15 is 0 Å². The summed E-state index contributed by atoms with van der Waals surface area (Å²) >= 11 is 5.55. The van der Waals surface area contributed by atoms with Gasteiger partial charge in [-0.1, -0.05) is 109 Å². The highest BCUT2D eigenvalue weighted by Crippen LogP contribution is 2.62. The molecule has 0 amide bonds. The van der Waals surface area contributed by atoms with Gasteiger partial charge in [-0.05, 0) is 117 Å². The first kappa shape index (κ1) is 28.5. The van der Waals surface area contributed by atoms with Gasteiger partial charge in [0, 0.05) is 5.25 Å². The maximum absolute atomic E-state index is 5.55. The predicted molar refractivity (Wildman–Crippen MR) is 168 cm³/mol. The summed E-state index contributed by atoms with van der Waals surface area (Å²) in [5.41, 5.74) is 0.723. The summed E-state index contributed by atoms with van der Waals surface area (Å²) < 4.78 is 0. The first-order valence-corrected chi connectivity index (χ1v) is 18.9. The van der Waals surface area contributed by atoms with Gasteiger partial charge < -0.3 is 0 Å². The van der Waals surface area contributed by atoms with Crippen LogP contribution in [0.2, 0.25) is 0 Å². The molecular weight excluding hydrogens is 476 g/mol. The van der Waals surface area contributed by atoms with Crippen molar-refractivity contribution in [3.63, 3.8) is 0 Å². The van der Waals surface area contributed by atoms with Gasteiger partial charge in [0.2, 0.25) is 0 Å². The van der Waals surface area contributed by atoms with Gasteiger partial charge in [0.25, 0.3) is 0 Å². The molecule has 0 nitrogen and oxygen atoms in total. The van der Waals surface area contributed by atoms with Crippen molar-refractivity contribution in [2.24, 2.45) is 52.8 Å². The SMILES string of the molecule is SC1C2CC3CC[C@H](C3)C(C3(C4CCCCCCCC4)CCCC3)CCC1C(C1CCCCCCCC1)C2. The maximum atomic E-state index is 5.55. The fourth-order valence-electron chi connectivity index (χ4n) is 12.3. The summed E-state index contributed by atoms with van der Waals surface area (Å²) in [6.45, 7) is 0.